The summed E-state index contributed by atoms with van der Waals surface area (Å²) in [6, 6.07) is 1.93. The molecule has 0 spiro atoms. The quantitative estimate of drug-likeness (QED) is 0.481. The fourth-order valence-electron chi connectivity index (χ4n) is 1.51. The molecular weight excluding hydrogens is 224 g/mol. The van der Waals surface area contributed by atoms with Crippen LogP contribution < -0.4 is 11.3 Å². The van der Waals surface area contributed by atoms with E-state index in [-0.39, 0.29) is 5.56 Å². The van der Waals surface area contributed by atoms with E-state index in [1.54, 1.807) is 6.92 Å². The fraction of sp³-hybridized carbons (Fsp3) is 0.400. The molecule has 0 bridgehead atoms. The number of halogens is 4. The van der Waals surface area contributed by atoms with E-state index >= 15 is 0 Å². The summed E-state index contributed by atoms with van der Waals surface area (Å²) in [5.74, 6) is 4.24. The largest absolute Gasteiger partial charge is 0.416 e. The van der Waals surface area contributed by atoms with Gasteiger partial charge in [-0.3, -0.25) is 11.3 Å². The highest BCUT2D eigenvalue weighted by molar-refractivity contribution is 5.33. The molecule has 3 N–H and O–H groups in total. The van der Waals surface area contributed by atoms with E-state index in [2.05, 4.69) is 5.43 Å². The van der Waals surface area contributed by atoms with Gasteiger partial charge in [-0.1, -0.05) is 13.0 Å². The average Bonchev–Trinajstić information content (AvgIpc) is 2.20. The van der Waals surface area contributed by atoms with Crippen LogP contribution in [-0.4, -0.2) is 0 Å². The van der Waals surface area contributed by atoms with Crippen LogP contribution in [0.3, 0.4) is 0 Å². The van der Waals surface area contributed by atoms with Crippen LogP contribution in [-0.2, 0) is 6.18 Å². The van der Waals surface area contributed by atoms with E-state index in [0.717, 1.165) is 12.1 Å². The number of alkyl halides is 3. The third-order valence-corrected chi connectivity index (χ3v) is 2.31. The molecule has 0 aliphatic rings. The topological polar surface area (TPSA) is 38.0 Å². The molecule has 0 heterocycles. The van der Waals surface area contributed by atoms with E-state index in [0.29, 0.717) is 12.5 Å². The van der Waals surface area contributed by atoms with Crippen molar-refractivity contribution in [3.63, 3.8) is 0 Å². The molecule has 6 heteroatoms. The molecule has 2 nitrogen and oxygen atoms in total. The molecule has 16 heavy (non-hydrogen) atoms. The summed E-state index contributed by atoms with van der Waals surface area (Å²) < 4.78 is 50.7. The van der Waals surface area contributed by atoms with Crippen molar-refractivity contribution >= 4 is 0 Å². The molecule has 0 aliphatic carbocycles. The minimum Gasteiger partial charge on any atom is -0.271 e. The van der Waals surface area contributed by atoms with Crippen LogP contribution in [0.15, 0.2) is 18.2 Å². The third kappa shape index (κ3) is 2.70. The number of benzene rings is 1. The van der Waals surface area contributed by atoms with E-state index in [1.807, 2.05) is 0 Å². The second-order valence-electron chi connectivity index (χ2n) is 3.36. The SMILES string of the molecule is CCC(NN)c1ccc(F)cc1C(F)(F)F. The highest BCUT2D eigenvalue weighted by Gasteiger charge is 2.35. The Morgan fingerprint density at radius 3 is 2.44 bits per heavy atom. The zero-order chi connectivity index (χ0) is 12.3. The third-order valence-electron chi connectivity index (χ3n) is 2.31. The summed E-state index contributed by atoms with van der Waals surface area (Å²) in [5, 5.41) is 0. The molecule has 90 valence electrons. The van der Waals surface area contributed by atoms with Crippen molar-refractivity contribution in [2.24, 2.45) is 5.84 Å². The number of hydrogen-bond acceptors (Lipinski definition) is 2. The molecule has 0 aliphatic heterocycles. The van der Waals surface area contributed by atoms with Gasteiger partial charge in [0.15, 0.2) is 0 Å². The Labute approximate surface area is 90.4 Å². The summed E-state index contributed by atoms with van der Waals surface area (Å²) in [5.41, 5.74) is 1.25. The van der Waals surface area contributed by atoms with Gasteiger partial charge in [-0.25, -0.2) is 4.39 Å². The van der Waals surface area contributed by atoms with Crippen LogP contribution in [0.2, 0.25) is 0 Å². The van der Waals surface area contributed by atoms with Gasteiger partial charge in [0, 0.05) is 6.04 Å². The van der Waals surface area contributed by atoms with Gasteiger partial charge in [-0.15, -0.1) is 0 Å². The van der Waals surface area contributed by atoms with Gasteiger partial charge < -0.3 is 0 Å². The zero-order valence-electron chi connectivity index (χ0n) is 8.61. The smallest absolute Gasteiger partial charge is 0.271 e. The van der Waals surface area contributed by atoms with Crippen LogP contribution in [0.25, 0.3) is 0 Å². The number of hydrazine groups is 1. The van der Waals surface area contributed by atoms with Crippen LogP contribution >= 0.6 is 0 Å². The first-order valence-electron chi connectivity index (χ1n) is 4.73. The van der Waals surface area contributed by atoms with E-state index in [9.17, 15) is 17.6 Å². The minimum atomic E-state index is -4.58. The van der Waals surface area contributed by atoms with E-state index < -0.39 is 23.6 Å². The predicted molar refractivity (Wildman–Crippen MR) is 51.8 cm³/mol. The molecule has 0 aromatic heterocycles. The summed E-state index contributed by atoms with van der Waals surface area (Å²) >= 11 is 0. The number of rotatable bonds is 3. The van der Waals surface area contributed by atoms with Gasteiger partial charge in [0.2, 0.25) is 0 Å². The normalized spacial score (nSPS) is 13.9. The van der Waals surface area contributed by atoms with Gasteiger partial charge in [0.05, 0.1) is 5.56 Å². The van der Waals surface area contributed by atoms with Crippen molar-refractivity contribution in [1.29, 1.82) is 0 Å². The lowest BCUT2D eigenvalue weighted by atomic mass is 9.98. The monoisotopic (exact) mass is 236 g/mol. The van der Waals surface area contributed by atoms with Crippen molar-refractivity contribution in [2.75, 3.05) is 0 Å². The molecule has 0 saturated carbocycles. The standard InChI is InChI=1S/C10H12F4N2/c1-2-9(16-15)7-4-3-6(11)5-8(7)10(12,13)14/h3-5,9,16H,2,15H2,1H3. The molecule has 1 aromatic rings. The van der Waals surface area contributed by atoms with Crippen LogP contribution in [0, 0.1) is 5.82 Å². The van der Waals surface area contributed by atoms with Gasteiger partial charge in [0.25, 0.3) is 0 Å². The number of nitrogens with two attached hydrogens (primary N) is 1. The lowest BCUT2D eigenvalue weighted by Gasteiger charge is -2.19. The van der Waals surface area contributed by atoms with Crippen LogP contribution in [0.5, 0.6) is 0 Å². The lowest BCUT2D eigenvalue weighted by molar-refractivity contribution is -0.138. The Morgan fingerprint density at radius 2 is 2.00 bits per heavy atom. The molecule has 1 rings (SSSR count). The second-order valence-corrected chi connectivity index (χ2v) is 3.36. The van der Waals surface area contributed by atoms with Crippen molar-refractivity contribution in [2.45, 2.75) is 25.6 Å². The maximum Gasteiger partial charge on any atom is 0.416 e. The highest BCUT2D eigenvalue weighted by Crippen LogP contribution is 2.35. The van der Waals surface area contributed by atoms with E-state index in [4.69, 9.17) is 5.84 Å². The summed E-state index contributed by atoms with van der Waals surface area (Å²) in [4.78, 5) is 0. The van der Waals surface area contributed by atoms with Crippen molar-refractivity contribution in [3.8, 4) is 0 Å². The maximum atomic E-state index is 12.8. The molecule has 0 amide bonds. The second kappa shape index (κ2) is 4.80. The predicted octanol–water partition coefficient (Wildman–Crippen LogP) is 2.76. The van der Waals surface area contributed by atoms with Gasteiger partial charge >= 0.3 is 6.18 Å². The average molecular weight is 236 g/mol. The Hall–Kier alpha value is -1.14. The Balaban J connectivity index is 3.27. The van der Waals surface area contributed by atoms with Crippen molar-refractivity contribution < 1.29 is 17.6 Å². The summed E-state index contributed by atoms with van der Waals surface area (Å²) in [7, 11) is 0. The molecule has 0 radical (unpaired) electrons. The van der Waals surface area contributed by atoms with Gasteiger partial charge in [-0.05, 0) is 24.1 Å². The maximum absolute atomic E-state index is 12.8. The summed E-state index contributed by atoms with van der Waals surface area (Å²) in [6.45, 7) is 1.69. The molecule has 0 fully saturated rings. The first kappa shape index (κ1) is 12.9. The molecular formula is C10H12F4N2. The molecule has 1 atom stereocenters. The van der Waals surface area contributed by atoms with Gasteiger partial charge in [0.1, 0.15) is 5.82 Å². The van der Waals surface area contributed by atoms with Gasteiger partial charge in [-0.2, -0.15) is 13.2 Å². The Bertz CT molecular complexity index is 358. The molecule has 1 aromatic carbocycles. The lowest BCUT2D eigenvalue weighted by Crippen LogP contribution is -2.29. The highest BCUT2D eigenvalue weighted by atomic mass is 19.4. The molecule has 1 unspecified atom stereocenters. The number of hydrogen-bond donors (Lipinski definition) is 2. The Morgan fingerprint density at radius 1 is 1.38 bits per heavy atom. The molecule has 0 saturated heterocycles. The van der Waals surface area contributed by atoms with Crippen LogP contribution in [0.1, 0.15) is 30.5 Å². The fourth-order valence-corrected chi connectivity index (χ4v) is 1.51. The van der Waals surface area contributed by atoms with Crippen molar-refractivity contribution in [3.05, 3.63) is 35.1 Å². The summed E-state index contributed by atoms with van der Waals surface area (Å²) in [6.07, 6.45) is -4.20. The zero-order valence-corrected chi connectivity index (χ0v) is 8.61. The first-order valence-corrected chi connectivity index (χ1v) is 4.73. The van der Waals surface area contributed by atoms with Crippen molar-refractivity contribution in [1.82, 2.24) is 5.43 Å². The first-order chi connectivity index (χ1) is 7.40. The number of nitrogens with one attached hydrogen (secondary N) is 1. The van der Waals surface area contributed by atoms with Crippen LogP contribution in [0.4, 0.5) is 17.6 Å². The minimum absolute atomic E-state index is 0.0427. The van der Waals surface area contributed by atoms with E-state index in [1.165, 1.54) is 0 Å². The Kier molecular flexibility index (Phi) is 3.88.